The summed E-state index contributed by atoms with van der Waals surface area (Å²) in [6.45, 7) is 6.18. The molecule has 0 atom stereocenters. The molecular formula is C15H23N3O2. The second kappa shape index (κ2) is 6.33. The highest BCUT2D eigenvalue weighted by Crippen LogP contribution is 2.21. The molecule has 0 bridgehead atoms. The Balaban J connectivity index is 2.09. The molecule has 5 nitrogen and oxygen atoms in total. The number of hydrogen-bond donors (Lipinski definition) is 1. The van der Waals surface area contributed by atoms with Gasteiger partial charge in [0.15, 0.2) is 0 Å². The lowest BCUT2D eigenvalue weighted by Crippen LogP contribution is -2.57. The molecule has 2 rings (SSSR count). The molecule has 1 aromatic heterocycles. The summed E-state index contributed by atoms with van der Waals surface area (Å²) in [5.74, 6) is 0.00612. The first kappa shape index (κ1) is 14.9. The molecule has 1 aromatic rings. The van der Waals surface area contributed by atoms with E-state index >= 15 is 0 Å². The number of aryl methyl sites for hydroxylation is 1. The smallest absolute Gasteiger partial charge is 0.243 e. The number of nitrogens with two attached hydrogens (primary N) is 1. The van der Waals surface area contributed by atoms with E-state index in [-0.39, 0.29) is 5.91 Å². The summed E-state index contributed by atoms with van der Waals surface area (Å²) in [7, 11) is 0. The SMILES string of the molecule is CCN(Cc1cccc(C)n1)C(=O)C1(N)CCOCC1. The van der Waals surface area contributed by atoms with Crippen molar-refractivity contribution < 1.29 is 9.53 Å². The maximum Gasteiger partial charge on any atom is 0.243 e. The molecule has 0 aliphatic carbocycles. The molecule has 2 N–H and O–H groups in total. The van der Waals surface area contributed by atoms with Crippen molar-refractivity contribution in [1.82, 2.24) is 9.88 Å². The van der Waals surface area contributed by atoms with Gasteiger partial charge >= 0.3 is 0 Å². The molecule has 2 heterocycles. The lowest BCUT2D eigenvalue weighted by Gasteiger charge is -2.36. The van der Waals surface area contributed by atoms with Crippen molar-refractivity contribution in [1.29, 1.82) is 0 Å². The number of pyridine rings is 1. The molecule has 0 radical (unpaired) electrons. The molecule has 0 saturated carbocycles. The number of rotatable bonds is 4. The van der Waals surface area contributed by atoms with E-state index in [9.17, 15) is 4.79 Å². The zero-order chi connectivity index (χ0) is 14.6. The molecular weight excluding hydrogens is 254 g/mol. The van der Waals surface area contributed by atoms with Gasteiger partial charge in [0.2, 0.25) is 5.91 Å². The molecule has 1 amide bonds. The minimum Gasteiger partial charge on any atom is -0.381 e. The number of carbonyl (C=O) groups is 1. The summed E-state index contributed by atoms with van der Waals surface area (Å²) in [6, 6.07) is 5.85. The second-order valence-corrected chi connectivity index (χ2v) is 5.36. The second-order valence-electron chi connectivity index (χ2n) is 5.36. The van der Waals surface area contributed by atoms with E-state index in [0.29, 0.717) is 39.1 Å². The Morgan fingerprint density at radius 3 is 2.75 bits per heavy atom. The fourth-order valence-corrected chi connectivity index (χ4v) is 2.47. The number of nitrogens with zero attached hydrogens (tertiary/aromatic N) is 2. The largest absolute Gasteiger partial charge is 0.381 e. The summed E-state index contributed by atoms with van der Waals surface area (Å²) >= 11 is 0. The quantitative estimate of drug-likeness (QED) is 0.899. The first-order chi connectivity index (χ1) is 9.55. The molecule has 0 unspecified atom stereocenters. The van der Waals surface area contributed by atoms with Crippen LogP contribution < -0.4 is 5.73 Å². The molecule has 110 valence electrons. The highest BCUT2D eigenvalue weighted by molar-refractivity contribution is 5.86. The van der Waals surface area contributed by atoms with Gasteiger partial charge < -0.3 is 15.4 Å². The van der Waals surface area contributed by atoms with Gasteiger partial charge in [0.05, 0.1) is 17.8 Å². The van der Waals surface area contributed by atoms with Crippen molar-refractivity contribution in [2.24, 2.45) is 5.73 Å². The van der Waals surface area contributed by atoms with E-state index in [1.165, 1.54) is 0 Å². The van der Waals surface area contributed by atoms with Crippen molar-refractivity contribution in [3.8, 4) is 0 Å². The average Bonchev–Trinajstić information content (AvgIpc) is 2.45. The Kier molecular flexibility index (Phi) is 4.73. The van der Waals surface area contributed by atoms with E-state index in [1.54, 1.807) is 4.90 Å². The summed E-state index contributed by atoms with van der Waals surface area (Å²) in [6.07, 6.45) is 1.17. The number of ether oxygens (including phenoxy) is 1. The number of amides is 1. The van der Waals surface area contributed by atoms with Gasteiger partial charge in [0.25, 0.3) is 0 Å². The Labute approximate surface area is 120 Å². The molecule has 1 saturated heterocycles. The third kappa shape index (κ3) is 3.35. The summed E-state index contributed by atoms with van der Waals surface area (Å²) < 4.78 is 5.30. The Hall–Kier alpha value is -1.46. The van der Waals surface area contributed by atoms with Crippen LogP contribution in [0.1, 0.15) is 31.2 Å². The standard InChI is InChI=1S/C15H23N3O2/c1-3-18(11-13-6-4-5-12(2)17-13)14(19)15(16)7-9-20-10-8-15/h4-6H,3,7-11,16H2,1-2H3. The molecule has 1 aliphatic rings. The fourth-order valence-electron chi connectivity index (χ4n) is 2.47. The van der Waals surface area contributed by atoms with Crippen LogP contribution in [0.5, 0.6) is 0 Å². The highest BCUT2D eigenvalue weighted by Gasteiger charge is 2.38. The minimum atomic E-state index is -0.780. The van der Waals surface area contributed by atoms with E-state index < -0.39 is 5.54 Å². The normalized spacial score (nSPS) is 17.8. The van der Waals surface area contributed by atoms with Crippen molar-refractivity contribution in [2.75, 3.05) is 19.8 Å². The van der Waals surface area contributed by atoms with Crippen LogP contribution in [0.25, 0.3) is 0 Å². The Bertz CT molecular complexity index is 470. The number of likely N-dealkylation sites (N-methyl/N-ethyl adjacent to an activating group) is 1. The molecule has 0 aromatic carbocycles. The fraction of sp³-hybridized carbons (Fsp3) is 0.600. The first-order valence-corrected chi connectivity index (χ1v) is 7.14. The predicted octanol–water partition coefficient (Wildman–Crippen LogP) is 1.25. The van der Waals surface area contributed by atoms with Crippen LogP contribution in [0.15, 0.2) is 18.2 Å². The summed E-state index contributed by atoms with van der Waals surface area (Å²) in [4.78, 5) is 18.9. The van der Waals surface area contributed by atoms with Crippen LogP contribution in [-0.2, 0) is 16.1 Å². The zero-order valence-corrected chi connectivity index (χ0v) is 12.3. The zero-order valence-electron chi connectivity index (χ0n) is 12.3. The predicted molar refractivity (Wildman–Crippen MR) is 77.0 cm³/mol. The van der Waals surface area contributed by atoms with Gasteiger partial charge in [0.1, 0.15) is 0 Å². The third-order valence-corrected chi connectivity index (χ3v) is 3.78. The number of hydrogen-bond acceptors (Lipinski definition) is 4. The molecule has 5 heteroatoms. The maximum absolute atomic E-state index is 12.7. The van der Waals surface area contributed by atoms with Gasteiger partial charge in [-0.15, -0.1) is 0 Å². The van der Waals surface area contributed by atoms with Crippen molar-refractivity contribution in [2.45, 2.75) is 38.8 Å². The average molecular weight is 277 g/mol. The molecule has 20 heavy (non-hydrogen) atoms. The van der Waals surface area contributed by atoms with Crippen molar-refractivity contribution in [3.63, 3.8) is 0 Å². The summed E-state index contributed by atoms with van der Waals surface area (Å²) in [5, 5.41) is 0. The number of aromatic nitrogens is 1. The molecule has 0 spiro atoms. The molecule has 1 fully saturated rings. The lowest BCUT2D eigenvalue weighted by atomic mass is 9.89. The van der Waals surface area contributed by atoms with E-state index in [2.05, 4.69) is 4.98 Å². The van der Waals surface area contributed by atoms with Crippen LogP contribution >= 0.6 is 0 Å². The van der Waals surface area contributed by atoms with Gasteiger partial charge in [0, 0.05) is 25.5 Å². The van der Waals surface area contributed by atoms with Crippen LogP contribution in [0.2, 0.25) is 0 Å². The van der Waals surface area contributed by atoms with Crippen LogP contribution in [0, 0.1) is 6.92 Å². The van der Waals surface area contributed by atoms with Crippen LogP contribution in [0.4, 0.5) is 0 Å². The highest BCUT2D eigenvalue weighted by atomic mass is 16.5. The van der Waals surface area contributed by atoms with Gasteiger partial charge in [-0.2, -0.15) is 0 Å². The van der Waals surface area contributed by atoms with E-state index in [0.717, 1.165) is 11.4 Å². The van der Waals surface area contributed by atoms with Crippen molar-refractivity contribution in [3.05, 3.63) is 29.6 Å². The van der Waals surface area contributed by atoms with Crippen LogP contribution in [0.3, 0.4) is 0 Å². The van der Waals surface area contributed by atoms with Crippen LogP contribution in [-0.4, -0.2) is 41.1 Å². The van der Waals surface area contributed by atoms with Gasteiger partial charge in [-0.25, -0.2) is 0 Å². The first-order valence-electron chi connectivity index (χ1n) is 7.14. The van der Waals surface area contributed by atoms with E-state index in [1.807, 2.05) is 32.0 Å². The summed E-state index contributed by atoms with van der Waals surface area (Å²) in [5.41, 5.74) is 7.35. The topological polar surface area (TPSA) is 68.5 Å². The Morgan fingerprint density at radius 1 is 1.45 bits per heavy atom. The monoisotopic (exact) mass is 277 g/mol. The third-order valence-electron chi connectivity index (χ3n) is 3.78. The maximum atomic E-state index is 12.7. The molecule has 1 aliphatic heterocycles. The van der Waals surface area contributed by atoms with E-state index in [4.69, 9.17) is 10.5 Å². The van der Waals surface area contributed by atoms with Gasteiger partial charge in [-0.05, 0) is 38.8 Å². The lowest BCUT2D eigenvalue weighted by molar-refractivity contribution is -0.141. The minimum absolute atomic E-state index is 0.00612. The van der Waals surface area contributed by atoms with Gasteiger partial charge in [-0.3, -0.25) is 9.78 Å². The van der Waals surface area contributed by atoms with Crippen molar-refractivity contribution >= 4 is 5.91 Å². The Morgan fingerprint density at radius 2 is 2.15 bits per heavy atom. The van der Waals surface area contributed by atoms with Gasteiger partial charge in [-0.1, -0.05) is 6.07 Å². The number of carbonyl (C=O) groups excluding carboxylic acids is 1.